The van der Waals surface area contributed by atoms with Crippen LogP contribution in [0.25, 0.3) is 0 Å². The minimum Gasteiger partial charge on any atom is -0.397 e. The summed E-state index contributed by atoms with van der Waals surface area (Å²) < 4.78 is 0. The van der Waals surface area contributed by atoms with Crippen LogP contribution in [0.2, 0.25) is 0 Å². The Labute approximate surface area is 113 Å². The van der Waals surface area contributed by atoms with Crippen LogP contribution in [-0.2, 0) is 4.79 Å². The number of nitrogens with one attached hydrogen (secondary N) is 1. The summed E-state index contributed by atoms with van der Waals surface area (Å²) >= 11 is 0. The van der Waals surface area contributed by atoms with Gasteiger partial charge in [-0.25, -0.2) is 0 Å². The van der Waals surface area contributed by atoms with Crippen LogP contribution in [0, 0.1) is 17.2 Å². The number of nitrogens with zero attached hydrogens (tertiary/aromatic N) is 1. The van der Waals surface area contributed by atoms with Crippen molar-refractivity contribution in [3.05, 3.63) is 23.8 Å². The number of benzene rings is 1. The topological polar surface area (TPSA) is 78.9 Å². The molecule has 4 nitrogen and oxygen atoms in total. The van der Waals surface area contributed by atoms with Gasteiger partial charge in [0.05, 0.1) is 23.0 Å². The van der Waals surface area contributed by atoms with Crippen molar-refractivity contribution in [2.75, 3.05) is 11.1 Å². The first-order chi connectivity index (χ1) is 9.19. The monoisotopic (exact) mass is 257 g/mol. The van der Waals surface area contributed by atoms with Gasteiger partial charge in [-0.3, -0.25) is 4.79 Å². The van der Waals surface area contributed by atoms with E-state index in [0.717, 1.165) is 12.8 Å². The Balaban J connectivity index is 1.93. The van der Waals surface area contributed by atoms with Crippen LogP contribution < -0.4 is 11.1 Å². The number of hydrogen-bond acceptors (Lipinski definition) is 3. The van der Waals surface area contributed by atoms with Gasteiger partial charge >= 0.3 is 0 Å². The number of rotatable bonds is 3. The number of hydrogen-bond donors (Lipinski definition) is 2. The van der Waals surface area contributed by atoms with Crippen molar-refractivity contribution in [2.45, 2.75) is 38.5 Å². The Morgan fingerprint density at radius 3 is 2.74 bits per heavy atom. The van der Waals surface area contributed by atoms with E-state index < -0.39 is 0 Å². The van der Waals surface area contributed by atoms with E-state index in [1.54, 1.807) is 18.2 Å². The van der Waals surface area contributed by atoms with Crippen LogP contribution in [0.5, 0.6) is 0 Å². The third-order valence-corrected chi connectivity index (χ3v) is 3.65. The zero-order valence-corrected chi connectivity index (χ0v) is 11.0. The minimum absolute atomic E-state index is 0.0170. The fourth-order valence-corrected chi connectivity index (χ4v) is 2.60. The minimum atomic E-state index is 0.0170. The van der Waals surface area contributed by atoms with Crippen molar-refractivity contribution in [1.82, 2.24) is 0 Å². The molecular formula is C15H19N3O. The van der Waals surface area contributed by atoms with Gasteiger partial charge in [0.2, 0.25) is 5.91 Å². The van der Waals surface area contributed by atoms with Crippen LogP contribution in [0.3, 0.4) is 0 Å². The highest BCUT2D eigenvalue weighted by Crippen LogP contribution is 2.27. The molecule has 1 fully saturated rings. The molecule has 100 valence electrons. The third kappa shape index (κ3) is 3.72. The lowest BCUT2D eigenvalue weighted by Crippen LogP contribution is -2.18. The summed E-state index contributed by atoms with van der Waals surface area (Å²) in [6.07, 6.45) is 6.63. The van der Waals surface area contributed by atoms with E-state index in [9.17, 15) is 4.79 Å². The average Bonchev–Trinajstić information content (AvgIpc) is 2.42. The highest BCUT2D eigenvalue weighted by atomic mass is 16.1. The van der Waals surface area contributed by atoms with Gasteiger partial charge in [0.15, 0.2) is 0 Å². The molecule has 0 spiro atoms. The average molecular weight is 257 g/mol. The summed E-state index contributed by atoms with van der Waals surface area (Å²) in [6, 6.07) is 6.95. The van der Waals surface area contributed by atoms with Crippen molar-refractivity contribution in [3.63, 3.8) is 0 Å². The number of amides is 1. The number of carbonyl (C=O) groups is 1. The molecular weight excluding hydrogens is 238 g/mol. The molecule has 2 rings (SSSR count). The van der Waals surface area contributed by atoms with Crippen molar-refractivity contribution in [2.24, 2.45) is 5.92 Å². The largest absolute Gasteiger partial charge is 0.397 e. The van der Waals surface area contributed by atoms with E-state index in [0.29, 0.717) is 29.3 Å². The molecule has 0 atom stereocenters. The summed E-state index contributed by atoms with van der Waals surface area (Å²) in [5.41, 5.74) is 7.35. The van der Waals surface area contributed by atoms with E-state index in [1.165, 1.54) is 19.3 Å². The molecule has 1 aromatic rings. The fraction of sp³-hybridized carbons (Fsp3) is 0.467. The zero-order chi connectivity index (χ0) is 13.7. The molecule has 1 aromatic carbocycles. The first kappa shape index (κ1) is 13.4. The van der Waals surface area contributed by atoms with Crippen molar-refractivity contribution < 1.29 is 4.79 Å². The molecule has 1 amide bonds. The van der Waals surface area contributed by atoms with Crippen LogP contribution in [0.15, 0.2) is 18.2 Å². The van der Waals surface area contributed by atoms with Gasteiger partial charge in [-0.05, 0) is 37.0 Å². The van der Waals surface area contributed by atoms with E-state index in [1.807, 2.05) is 6.07 Å². The van der Waals surface area contributed by atoms with Crippen molar-refractivity contribution in [3.8, 4) is 6.07 Å². The van der Waals surface area contributed by atoms with E-state index in [-0.39, 0.29) is 5.91 Å². The van der Waals surface area contributed by atoms with Gasteiger partial charge in [0.1, 0.15) is 0 Å². The molecule has 1 aliphatic carbocycles. The Morgan fingerprint density at radius 2 is 2.11 bits per heavy atom. The second-order valence-corrected chi connectivity index (χ2v) is 5.17. The highest BCUT2D eigenvalue weighted by Gasteiger charge is 2.17. The van der Waals surface area contributed by atoms with Crippen LogP contribution >= 0.6 is 0 Å². The lowest BCUT2D eigenvalue weighted by Gasteiger charge is -2.21. The molecule has 0 radical (unpaired) electrons. The number of anilines is 2. The SMILES string of the molecule is N#Cc1ccc(NC(=O)CC2CCCCC2)c(N)c1. The number of nitriles is 1. The van der Waals surface area contributed by atoms with Gasteiger partial charge in [-0.2, -0.15) is 5.26 Å². The molecule has 0 aliphatic heterocycles. The molecule has 4 heteroatoms. The molecule has 3 N–H and O–H groups in total. The normalized spacial score (nSPS) is 15.7. The Bertz CT molecular complexity index is 499. The molecule has 1 aliphatic rings. The molecule has 19 heavy (non-hydrogen) atoms. The van der Waals surface area contributed by atoms with E-state index in [4.69, 9.17) is 11.0 Å². The van der Waals surface area contributed by atoms with Crippen LogP contribution in [-0.4, -0.2) is 5.91 Å². The lowest BCUT2D eigenvalue weighted by molar-refractivity contribution is -0.117. The van der Waals surface area contributed by atoms with Crippen molar-refractivity contribution in [1.29, 1.82) is 5.26 Å². The summed E-state index contributed by atoms with van der Waals surface area (Å²) in [5.74, 6) is 0.525. The summed E-state index contributed by atoms with van der Waals surface area (Å²) in [6.45, 7) is 0. The molecule has 1 saturated carbocycles. The summed E-state index contributed by atoms with van der Waals surface area (Å²) in [4.78, 5) is 12.0. The molecule has 0 heterocycles. The predicted molar refractivity (Wildman–Crippen MR) is 75.4 cm³/mol. The van der Waals surface area contributed by atoms with Gasteiger partial charge < -0.3 is 11.1 Å². The highest BCUT2D eigenvalue weighted by molar-refractivity contribution is 5.94. The number of nitrogen functional groups attached to an aromatic ring is 1. The van der Waals surface area contributed by atoms with Gasteiger partial charge in [-0.15, -0.1) is 0 Å². The predicted octanol–water partition coefficient (Wildman–Crippen LogP) is 3.05. The third-order valence-electron chi connectivity index (χ3n) is 3.65. The maximum Gasteiger partial charge on any atom is 0.224 e. The van der Waals surface area contributed by atoms with E-state index >= 15 is 0 Å². The summed E-state index contributed by atoms with van der Waals surface area (Å²) in [7, 11) is 0. The van der Waals surface area contributed by atoms with Crippen molar-refractivity contribution >= 4 is 17.3 Å². The van der Waals surface area contributed by atoms with Gasteiger partial charge in [0.25, 0.3) is 0 Å². The molecule has 0 bridgehead atoms. The zero-order valence-electron chi connectivity index (χ0n) is 11.0. The lowest BCUT2D eigenvalue weighted by atomic mass is 9.87. The second-order valence-electron chi connectivity index (χ2n) is 5.17. The van der Waals surface area contributed by atoms with Crippen LogP contribution in [0.4, 0.5) is 11.4 Å². The standard InChI is InChI=1S/C15H19N3O/c16-10-12-6-7-14(13(17)8-12)18-15(19)9-11-4-2-1-3-5-11/h6-8,11H,1-5,9,17H2,(H,18,19). The molecule has 0 saturated heterocycles. The second kappa shape index (κ2) is 6.24. The maximum atomic E-state index is 12.0. The fourth-order valence-electron chi connectivity index (χ4n) is 2.60. The number of carbonyl (C=O) groups excluding carboxylic acids is 1. The summed E-state index contributed by atoms with van der Waals surface area (Å²) in [5, 5.41) is 11.6. The van der Waals surface area contributed by atoms with Crippen LogP contribution in [0.1, 0.15) is 44.1 Å². The first-order valence-corrected chi connectivity index (χ1v) is 6.78. The smallest absolute Gasteiger partial charge is 0.224 e. The Kier molecular flexibility index (Phi) is 4.40. The maximum absolute atomic E-state index is 12.0. The Hall–Kier alpha value is -2.02. The van der Waals surface area contributed by atoms with Gasteiger partial charge in [0, 0.05) is 6.42 Å². The quantitative estimate of drug-likeness (QED) is 0.817. The molecule has 0 aromatic heterocycles. The van der Waals surface area contributed by atoms with Gasteiger partial charge in [-0.1, -0.05) is 19.3 Å². The first-order valence-electron chi connectivity index (χ1n) is 6.78. The Morgan fingerprint density at radius 1 is 1.37 bits per heavy atom. The molecule has 0 unspecified atom stereocenters. The number of nitrogens with two attached hydrogens (primary N) is 1. The van der Waals surface area contributed by atoms with E-state index in [2.05, 4.69) is 5.32 Å².